The van der Waals surface area contributed by atoms with Crippen LogP contribution < -0.4 is 14.9 Å². The second kappa shape index (κ2) is 4.05. The fourth-order valence-electron chi connectivity index (χ4n) is 1.23. The van der Waals surface area contributed by atoms with Crippen molar-refractivity contribution in [2.75, 3.05) is 31.3 Å². The lowest BCUT2D eigenvalue weighted by Gasteiger charge is -2.18. The van der Waals surface area contributed by atoms with E-state index in [1.54, 1.807) is 6.20 Å². The first-order chi connectivity index (χ1) is 6.90. The number of hydrogen-bond acceptors (Lipinski definition) is 6. The van der Waals surface area contributed by atoms with Gasteiger partial charge in [-0.15, -0.1) is 5.01 Å². The average molecular weight is 198 g/mol. The number of morpholine rings is 1. The molecular weight excluding hydrogens is 188 g/mol. The smallest absolute Gasteiger partial charge is 0.323 e. The normalized spacial score (nSPS) is 17.9. The molecule has 0 aliphatic carbocycles. The maximum atomic E-state index is 10.1. The molecule has 1 aliphatic heterocycles. The molecule has 1 aromatic rings. The predicted octanol–water partition coefficient (Wildman–Crippen LogP) is -2.05. The van der Waals surface area contributed by atoms with Gasteiger partial charge >= 0.3 is 5.88 Å². The zero-order chi connectivity index (χ0) is 9.80. The summed E-state index contributed by atoms with van der Waals surface area (Å²) in [6.07, 6.45) is 1.98. The fourth-order valence-corrected chi connectivity index (χ4v) is 1.23. The first-order valence-electron chi connectivity index (χ1n) is 4.26. The summed E-state index contributed by atoms with van der Waals surface area (Å²) in [5.41, 5.74) is 0. The Labute approximate surface area is 80.1 Å². The molecule has 1 aliphatic rings. The highest BCUT2D eigenvalue weighted by Crippen LogP contribution is 2.03. The standard InChI is InChI=1S/C7H10N4O3/c12-6-8-7-5-11(9-14-7)10-1-3-13-4-2-10/h5-6H,1-4H2. The predicted molar refractivity (Wildman–Crippen MR) is 43.6 cm³/mol. The van der Waals surface area contributed by atoms with Gasteiger partial charge < -0.3 is 9.84 Å². The Morgan fingerprint density at radius 1 is 1.57 bits per heavy atom. The Morgan fingerprint density at radius 2 is 2.36 bits per heavy atom. The van der Waals surface area contributed by atoms with E-state index in [9.17, 15) is 5.11 Å². The molecule has 2 rings (SSSR count). The van der Waals surface area contributed by atoms with Crippen LogP contribution >= 0.6 is 0 Å². The molecule has 7 heteroatoms. The number of rotatable bonds is 2. The summed E-state index contributed by atoms with van der Waals surface area (Å²) in [4.78, 5) is 4.97. The van der Waals surface area contributed by atoms with E-state index in [-0.39, 0.29) is 5.88 Å². The SMILES string of the molecule is [O-]C=Nc1c[n+](N2CCOCC2)no1. The number of aliphatic imine (C=N–C) groups is 1. The number of hydrogen-bond donors (Lipinski definition) is 0. The van der Waals surface area contributed by atoms with Crippen LogP contribution in [0.2, 0.25) is 0 Å². The van der Waals surface area contributed by atoms with Crippen molar-refractivity contribution in [3.63, 3.8) is 0 Å². The lowest BCUT2D eigenvalue weighted by Crippen LogP contribution is -2.62. The van der Waals surface area contributed by atoms with Crippen molar-refractivity contribution in [1.29, 1.82) is 0 Å². The van der Waals surface area contributed by atoms with Crippen LogP contribution in [-0.2, 0) is 4.74 Å². The molecule has 0 radical (unpaired) electrons. The zero-order valence-corrected chi connectivity index (χ0v) is 7.50. The summed E-state index contributed by atoms with van der Waals surface area (Å²) in [5, 5.41) is 15.7. The highest BCUT2D eigenvalue weighted by molar-refractivity contribution is 5.46. The van der Waals surface area contributed by atoms with Crippen molar-refractivity contribution < 1.29 is 19.2 Å². The monoisotopic (exact) mass is 198 g/mol. The van der Waals surface area contributed by atoms with E-state index in [0.717, 1.165) is 13.1 Å². The quantitative estimate of drug-likeness (QED) is 0.310. The minimum Gasteiger partial charge on any atom is -0.864 e. The average Bonchev–Trinajstić information content (AvgIpc) is 2.68. The van der Waals surface area contributed by atoms with E-state index in [4.69, 9.17) is 9.26 Å². The molecule has 0 N–H and O–H groups in total. The van der Waals surface area contributed by atoms with Crippen LogP contribution in [0, 0.1) is 0 Å². The minimum atomic E-state index is 0.200. The number of nitrogens with zero attached hydrogens (tertiary/aromatic N) is 4. The van der Waals surface area contributed by atoms with E-state index in [0.29, 0.717) is 19.6 Å². The molecule has 0 atom stereocenters. The molecule has 7 nitrogen and oxygen atoms in total. The van der Waals surface area contributed by atoms with E-state index >= 15 is 0 Å². The molecule has 0 unspecified atom stereocenters. The van der Waals surface area contributed by atoms with Crippen LogP contribution in [0.5, 0.6) is 0 Å². The van der Waals surface area contributed by atoms with Crippen LogP contribution in [0.1, 0.15) is 0 Å². The van der Waals surface area contributed by atoms with Gasteiger partial charge in [-0.25, -0.2) is 4.99 Å². The molecule has 0 bridgehead atoms. The van der Waals surface area contributed by atoms with Gasteiger partial charge in [0.1, 0.15) is 0 Å². The lowest BCUT2D eigenvalue weighted by molar-refractivity contribution is -0.759. The Kier molecular flexibility index (Phi) is 2.59. The first kappa shape index (κ1) is 8.95. The van der Waals surface area contributed by atoms with Gasteiger partial charge in [0.25, 0.3) is 6.20 Å². The summed E-state index contributed by atoms with van der Waals surface area (Å²) >= 11 is 0. The van der Waals surface area contributed by atoms with E-state index in [1.165, 1.54) is 4.79 Å². The van der Waals surface area contributed by atoms with Crippen molar-refractivity contribution in [3.05, 3.63) is 6.20 Å². The van der Waals surface area contributed by atoms with Gasteiger partial charge in [-0.3, -0.25) is 4.52 Å². The molecule has 0 spiro atoms. The molecule has 0 amide bonds. The van der Waals surface area contributed by atoms with Crippen molar-refractivity contribution in [1.82, 2.24) is 5.27 Å². The summed E-state index contributed by atoms with van der Waals surface area (Å²) in [6, 6.07) is 0. The lowest BCUT2D eigenvalue weighted by atomic mass is 10.5. The Bertz CT molecular complexity index is 318. The van der Waals surface area contributed by atoms with Gasteiger partial charge in [0.15, 0.2) is 0 Å². The van der Waals surface area contributed by atoms with Crippen LogP contribution in [-0.4, -0.2) is 38.0 Å². The van der Waals surface area contributed by atoms with Gasteiger partial charge in [-0.1, -0.05) is 0 Å². The van der Waals surface area contributed by atoms with E-state index < -0.39 is 0 Å². The Morgan fingerprint density at radius 3 is 3.07 bits per heavy atom. The second-order valence-corrected chi connectivity index (χ2v) is 2.76. The topological polar surface area (TPSA) is 77.8 Å². The van der Waals surface area contributed by atoms with Crippen LogP contribution in [0.25, 0.3) is 0 Å². The van der Waals surface area contributed by atoms with Gasteiger partial charge in [0.05, 0.1) is 31.1 Å². The molecule has 0 saturated carbocycles. The van der Waals surface area contributed by atoms with E-state index in [2.05, 4.69) is 10.3 Å². The third-order valence-electron chi connectivity index (χ3n) is 1.90. The summed E-state index contributed by atoms with van der Waals surface area (Å²) in [7, 11) is 0. The third kappa shape index (κ3) is 1.82. The molecule has 14 heavy (non-hydrogen) atoms. The largest absolute Gasteiger partial charge is 0.864 e. The Balaban J connectivity index is 2.07. The molecule has 2 heterocycles. The summed E-state index contributed by atoms with van der Waals surface area (Å²) in [5.74, 6) is 0.200. The highest BCUT2D eigenvalue weighted by atomic mass is 16.5. The van der Waals surface area contributed by atoms with Gasteiger partial charge in [-0.2, -0.15) is 0 Å². The summed E-state index contributed by atoms with van der Waals surface area (Å²) < 4.78 is 9.97. The van der Waals surface area contributed by atoms with Gasteiger partial charge in [-0.05, 0) is 6.40 Å². The minimum absolute atomic E-state index is 0.200. The molecule has 1 fully saturated rings. The molecule has 76 valence electrons. The maximum Gasteiger partial charge on any atom is 0.323 e. The molecule has 0 aromatic carbocycles. The van der Waals surface area contributed by atoms with Crippen molar-refractivity contribution >= 4 is 12.3 Å². The van der Waals surface area contributed by atoms with Crippen LogP contribution in [0.3, 0.4) is 0 Å². The van der Waals surface area contributed by atoms with Crippen molar-refractivity contribution in [2.45, 2.75) is 0 Å². The Hall–Kier alpha value is -1.63. The van der Waals surface area contributed by atoms with Crippen LogP contribution in [0.4, 0.5) is 5.88 Å². The zero-order valence-electron chi connectivity index (χ0n) is 7.50. The van der Waals surface area contributed by atoms with Gasteiger partial charge in [0.2, 0.25) is 5.27 Å². The highest BCUT2D eigenvalue weighted by Gasteiger charge is 2.22. The summed E-state index contributed by atoms with van der Waals surface area (Å²) in [6.45, 7) is 2.83. The molecular formula is C7H10N4O3. The van der Waals surface area contributed by atoms with Crippen LogP contribution in [0.15, 0.2) is 15.7 Å². The second-order valence-electron chi connectivity index (χ2n) is 2.76. The van der Waals surface area contributed by atoms with Crippen molar-refractivity contribution in [2.24, 2.45) is 4.99 Å². The first-order valence-corrected chi connectivity index (χ1v) is 4.26. The number of ether oxygens (including phenoxy) is 1. The fraction of sp³-hybridized carbons (Fsp3) is 0.571. The number of aromatic nitrogens is 2. The van der Waals surface area contributed by atoms with Crippen molar-refractivity contribution in [3.8, 4) is 0 Å². The molecule has 1 saturated heterocycles. The maximum absolute atomic E-state index is 10.1. The van der Waals surface area contributed by atoms with Gasteiger partial charge in [0, 0.05) is 0 Å². The molecule has 1 aromatic heterocycles. The third-order valence-corrected chi connectivity index (χ3v) is 1.90. The van der Waals surface area contributed by atoms with E-state index in [1.807, 2.05) is 5.01 Å².